The van der Waals surface area contributed by atoms with E-state index in [9.17, 15) is 0 Å². The van der Waals surface area contributed by atoms with Crippen LogP contribution < -0.4 is 0 Å². The second-order valence-electron chi connectivity index (χ2n) is 0.354. The molecule has 0 aromatic rings. The van der Waals surface area contributed by atoms with Gasteiger partial charge in [-0.25, -0.2) is 0 Å². The van der Waals surface area contributed by atoms with E-state index in [2.05, 4.69) is 27.4 Å². The van der Waals surface area contributed by atoms with Gasteiger partial charge >= 0.3 is 32.1 Å². The molecule has 0 aromatic heterocycles. The Bertz CT molecular complexity index is 8.75. The van der Waals surface area contributed by atoms with Gasteiger partial charge in [-0.1, -0.05) is 0 Å². The topological polar surface area (TPSA) is 0 Å². The first-order valence-electron chi connectivity index (χ1n) is 1.06. The maximum Gasteiger partial charge on any atom is -0.147 e. The molecule has 0 saturated carbocycles. The second kappa shape index (κ2) is 30.7. The SMILES string of the molecule is C[CH2][Ti].Cl.Cl.Cl. The molecule has 0 bridgehead atoms. The van der Waals surface area contributed by atoms with Crippen LogP contribution in [0.2, 0.25) is 4.73 Å². The second-order valence-corrected chi connectivity index (χ2v) is 1.46. The van der Waals surface area contributed by atoms with Gasteiger partial charge in [0.2, 0.25) is 0 Å². The third-order valence-electron chi connectivity index (χ3n) is 0. The number of rotatable bonds is 0. The van der Waals surface area contributed by atoms with E-state index in [0.717, 1.165) is 0 Å². The summed E-state index contributed by atoms with van der Waals surface area (Å²) in [6.45, 7) is 2.12. The minimum Gasteiger partial charge on any atom is -0.147 e. The van der Waals surface area contributed by atoms with Crippen LogP contribution in [-0.2, 0) is 20.4 Å². The summed E-state index contributed by atoms with van der Waals surface area (Å²) in [5.74, 6) is 0. The summed E-state index contributed by atoms with van der Waals surface area (Å²) in [7, 11) is 0. The van der Waals surface area contributed by atoms with E-state index < -0.39 is 0 Å². The summed E-state index contributed by atoms with van der Waals surface area (Å²) in [6, 6.07) is 0. The number of halogens is 3. The maximum absolute atomic E-state index is 2.12. The van der Waals surface area contributed by atoms with Gasteiger partial charge in [-0.05, 0) is 0 Å². The fraction of sp³-hybridized carbons (Fsp3) is 1.00. The molecule has 41 valence electrons. The molecule has 0 atom stereocenters. The van der Waals surface area contributed by atoms with Gasteiger partial charge in [0.1, 0.15) is 0 Å². The van der Waals surface area contributed by atoms with Crippen molar-refractivity contribution in [3.63, 3.8) is 0 Å². The van der Waals surface area contributed by atoms with Crippen molar-refractivity contribution in [1.82, 2.24) is 0 Å². The Balaban J connectivity index is -0.00000000667. The van der Waals surface area contributed by atoms with Crippen molar-refractivity contribution in [2.75, 3.05) is 0 Å². The smallest absolute Gasteiger partial charge is 0.147 e. The summed E-state index contributed by atoms with van der Waals surface area (Å²) in [6.07, 6.45) is 0. The van der Waals surface area contributed by atoms with Crippen molar-refractivity contribution in [3.05, 3.63) is 0 Å². The van der Waals surface area contributed by atoms with Crippen molar-refractivity contribution in [3.8, 4) is 0 Å². The molecule has 0 radical (unpaired) electrons. The van der Waals surface area contributed by atoms with Crippen LogP contribution in [0.25, 0.3) is 0 Å². The van der Waals surface area contributed by atoms with E-state index in [-0.39, 0.29) is 37.2 Å². The van der Waals surface area contributed by atoms with Crippen LogP contribution in [0.15, 0.2) is 0 Å². The largest absolute Gasteiger partial charge is 0.147 e. The van der Waals surface area contributed by atoms with Crippen molar-refractivity contribution < 1.29 is 20.4 Å². The molecule has 0 aliphatic carbocycles. The molecule has 0 heterocycles. The molecule has 0 spiro atoms. The fourth-order valence-corrected chi connectivity index (χ4v) is 0. The molecule has 0 N–H and O–H groups in total. The first-order valence-corrected chi connectivity index (χ1v) is 2.16. The quantitative estimate of drug-likeness (QED) is 0.509. The van der Waals surface area contributed by atoms with Gasteiger partial charge in [0.05, 0.1) is 0 Å². The Morgan fingerprint density at radius 1 is 1.17 bits per heavy atom. The van der Waals surface area contributed by atoms with Crippen LogP contribution in [0.3, 0.4) is 0 Å². The Hall–Kier alpha value is 1.58. The molecule has 0 rings (SSSR count). The van der Waals surface area contributed by atoms with Gasteiger partial charge in [-0.3, -0.25) is 0 Å². The zero-order valence-electron chi connectivity index (χ0n) is 3.43. The van der Waals surface area contributed by atoms with Crippen LogP contribution in [-0.4, -0.2) is 0 Å². The molecule has 0 aliphatic heterocycles. The number of hydrogen-bond acceptors (Lipinski definition) is 0. The van der Waals surface area contributed by atoms with Crippen molar-refractivity contribution >= 4 is 37.2 Å². The predicted molar refractivity (Wildman–Crippen MR) is 32.2 cm³/mol. The van der Waals surface area contributed by atoms with Gasteiger partial charge in [0.15, 0.2) is 0 Å². The van der Waals surface area contributed by atoms with Gasteiger partial charge < -0.3 is 0 Å². The van der Waals surface area contributed by atoms with Gasteiger partial charge in [0.25, 0.3) is 0 Å². The predicted octanol–water partition coefficient (Wildman–Crippen LogP) is 2.24. The van der Waals surface area contributed by atoms with Crippen molar-refractivity contribution in [2.24, 2.45) is 0 Å². The Kier molecular flexibility index (Phi) is 131. The van der Waals surface area contributed by atoms with Gasteiger partial charge in [-0.2, -0.15) is 0 Å². The van der Waals surface area contributed by atoms with Crippen LogP contribution in [0.1, 0.15) is 6.92 Å². The summed E-state index contributed by atoms with van der Waals surface area (Å²) >= 11 is 2.12. The summed E-state index contributed by atoms with van der Waals surface area (Å²) in [5.41, 5.74) is 0. The zero-order valence-corrected chi connectivity index (χ0v) is 7.44. The first-order chi connectivity index (χ1) is 1.41. The van der Waals surface area contributed by atoms with E-state index in [4.69, 9.17) is 0 Å². The fourth-order valence-electron chi connectivity index (χ4n) is 0. The normalized spacial score (nSPS) is 2.67. The van der Waals surface area contributed by atoms with Crippen molar-refractivity contribution in [1.29, 1.82) is 0 Å². The van der Waals surface area contributed by atoms with Crippen LogP contribution in [0.5, 0.6) is 0 Å². The molecule has 0 saturated heterocycles. The van der Waals surface area contributed by atoms with E-state index in [1.807, 2.05) is 0 Å². The van der Waals surface area contributed by atoms with E-state index in [1.54, 1.807) is 0 Å². The molecule has 0 nitrogen and oxygen atoms in total. The minimum absolute atomic E-state index is 0. The molecule has 0 amide bonds. The Morgan fingerprint density at radius 2 is 1.17 bits per heavy atom. The Morgan fingerprint density at radius 3 is 1.17 bits per heavy atom. The van der Waals surface area contributed by atoms with E-state index in [0.29, 0.717) is 0 Å². The van der Waals surface area contributed by atoms with Crippen LogP contribution in [0, 0.1) is 0 Å². The molecule has 4 heteroatoms. The average Bonchev–Trinajstić information content (AvgIpc) is 0.918. The van der Waals surface area contributed by atoms with Crippen LogP contribution in [0.4, 0.5) is 0 Å². The standard InChI is InChI=1S/C2H5.3ClH.Ti/c1-2;;;;/h1H2,2H3;3*1H;. The third-order valence-corrected chi connectivity index (χ3v) is 0. The van der Waals surface area contributed by atoms with Gasteiger partial charge in [-0.15, -0.1) is 37.2 Å². The molecule has 6 heavy (non-hydrogen) atoms. The number of hydrogen-bond donors (Lipinski definition) is 0. The van der Waals surface area contributed by atoms with E-state index in [1.165, 1.54) is 4.73 Å². The van der Waals surface area contributed by atoms with E-state index >= 15 is 0 Å². The monoisotopic (exact) mass is 185 g/mol. The van der Waals surface area contributed by atoms with Crippen molar-refractivity contribution in [2.45, 2.75) is 11.6 Å². The summed E-state index contributed by atoms with van der Waals surface area (Å²) in [5, 5.41) is 0. The van der Waals surface area contributed by atoms with Gasteiger partial charge in [0, 0.05) is 0 Å². The minimum atomic E-state index is 0. The maximum atomic E-state index is 2.12. The molecular formula is C2H8Cl3Ti. The summed E-state index contributed by atoms with van der Waals surface area (Å²) < 4.78 is 1.25. The molecule has 0 aliphatic rings. The average molecular weight is 186 g/mol. The summed E-state index contributed by atoms with van der Waals surface area (Å²) in [4.78, 5) is 0. The zero-order chi connectivity index (χ0) is 2.71. The third kappa shape index (κ3) is 46.8. The van der Waals surface area contributed by atoms with Crippen LogP contribution >= 0.6 is 37.2 Å². The Labute approximate surface area is 69.1 Å². The first kappa shape index (κ1) is 25.6. The molecular weight excluding hydrogens is 178 g/mol. The molecule has 0 aromatic carbocycles. The molecule has 0 unspecified atom stereocenters. The molecule has 0 fully saturated rings.